The molecule has 94 valence electrons. The fourth-order valence-corrected chi connectivity index (χ4v) is 2.11. The maximum atomic E-state index is 6.18. The van der Waals surface area contributed by atoms with Gasteiger partial charge in [0, 0.05) is 6.04 Å². The van der Waals surface area contributed by atoms with Crippen LogP contribution in [0.5, 0.6) is 0 Å². The molecule has 0 unspecified atom stereocenters. The lowest BCUT2D eigenvalue weighted by Crippen LogP contribution is -2.26. The van der Waals surface area contributed by atoms with Gasteiger partial charge in [-0.1, -0.05) is 11.6 Å². The minimum atomic E-state index is 0.312. The molecule has 2 aromatic rings. The number of furan rings is 1. The van der Waals surface area contributed by atoms with E-state index in [0.29, 0.717) is 29.2 Å². The van der Waals surface area contributed by atoms with E-state index in [4.69, 9.17) is 21.8 Å². The average molecular weight is 265 g/mol. The fraction of sp³-hybridized carbons (Fsp3) is 0.333. The van der Waals surface area contributed by atoms with E-state index in [-0.39, 0.29) is 0 Å². The topological polar surface area (TPSA) is 68.2 Å². The largest absolute Gasteiger partial charge is 0.467 e. The molecule has 5 nitrogen and oxygen atoms in total. The van der Waals surface area contributed by atoms with E-state index in [1.165, 1.54) is 6.33 Å². The molecule has 1 saturated carbocycles. The van der Waals surface area contributed by atoms with Gasteiger partial charge in [0.25, 0.3) is 0 Å². The van der Waals surface area contributed by atoms with Crippen LogP contribution in [0, 0.1) is 0 Å². The minimum Gasteiger partial charge on any atom is -0.467 e. The summed E-state index contributed by atoms with van der Waals surface area (Å²) in [4.78, 5) is 10.2. The van der Waals surface area contributed by atoms with Crippen molar-refractivity contribution in [1.82, 2.24) is 9.97 Å². The lowest BCUT2D eigenvalue weighted by atomic mass is 10.3. The van der Waals surface area contributed by atoms with Crippen molar-refractivity contribution in [3.8, 4) is 0 Å². The maximum absolute atomic E-state index is 6.18. The van der Waals surface area contributed by atoms with E-state index in [2.05, 4.69) is 14.9 Å². The van der Waals surface area contributed by atoms with Crippen LogP contribution >= 0.6 is 11.6 Å². The SMILES string of the molecule is Nc1ncnc(N(Cc2ccco2)C2CC2)c1Cl. The zero-order valence-corrected chi connectivity index (χ0v) is 10.5. The number of anilines is 2. The zero-order chi connectivity index (χ0) is 12.5. The molecule has 6 heteroatoms. The third-order valence-corrected chi connectivity index (χ3v) is 3.33. The van der Waals surface area contributed by atoms with Gasteiger partial charge in [0.05, 0.1) is 12.8 Å². The monoisotopic (exact) mass is 264 g/mol. The molecule has 0 bridgehead atoms. The summed E-state index contributed by atoms with van der Waals surface area (Å²) in [7, 11) is 0. The van der Waals surface area contributed by atoms with E-state index < -0.39 is 0 Å². The molecule has 1 aliphatic rings. The predicted octanol–water partition coefficient (Wildman–Crippen LogP) is 2.47. The van der Waals surface area contributed by atoms with Crippen LogP contribution in [0.2, 0.25) is 5.02 Å². The lowest BCUT2D eigenvalue weighted by Gasteiger charge is -2.23. The number of hydrogen-bond donors (Lipinski definition) is 1. The number of nitrogens with zero attached hydrogens (tertiary/aromatic N) is 3. The smallest absolute Gasteiger partial charge is 0.153 e. The molecular weight excluding hydrogens is 252 g/mol. The Balaban J connectivity index is 1.91. The van der Waals surface area contributed by atoms with Gasteiger partial charge in [0.1, 0.15) is 22.9 Å². The van der Waals surface area contributed by atoms with Crippen LogP contribution in [0.3, 0.4) is 0 Å². The Hall–Kier alpha value is -1.75. The van der Waals surface area contributed by atoms with Crippen LogP contribution < -0.4 is 10.6 Å². The van der Waals surface area contributed by atoms with Gasteiger partial charge >= 0.3 is 0 Å². The molecule has 2 N–H and O–H groups in total. The predicted molar refractivity (Wildman–Crippen MR) is 69.4 cm³/mol. The van der Waals surface area contributed by atoms with E-state index in [1.807, 2.05) is 12.1 Å². The highest BCUT2D eigenvalue weighted by Gasteiger charge is 2.32. The molecule has 1 fully saturated rings. The lowest BCUT2D eigenvalue weighted by molar-refractivity contribution is 0.500. The highest BCUT2D eigenvalue weighted by molar-refractivity contribution is 6.35. The summed E-state index contributed by atoms with van der Waals surface area (Å²) in [6.07, 6.45) is 5.38. The Morgan fingerprint density at radius 2 is 2.28 bits per heavy atom. The van der Waals surface area contributed by atoms with Gasteiger partial charge in [-0.3, -0.25) is 0 Å². The maximum Gasteiger partial charge on any atom is 0.153 e. The van der Waals surface area contributed by atoms with Crippen molar-refractivity contribution < 1.29 is 4.42 Å². The number of aromatic nitrogens is 2. The van der Waals surface area contributed by atoms with Crippen LogP contribution in [0.4, 0.5) is 11.6 Å². The first kappa shape index (κ1) is 11.3. The van der Waals surface area contributed by atoms with Crippen molar-refractivity contribution in [1.29, 1.82) is 0 Å². The number of hydrogen-bond acceptors (Lipinski definition) is 5. The molecule has 0 spiro atoms. The standard InChI is InChI=1S/C12H13ClN4O/c13-10-11(14)15-7-16-12(10)17(8-3-4-8)6-9-2-1-5-18-9/h1-2,5,7-8H,3-4,6H2,(H2,14,15,16). The van der Waals surface area contributed by atoms with Crippen molar-refractivity contribution >= 4 is 23.2 Å². The summed E-state index contributed by atoms with van der Waals surface area (Å²) in [5, 5.41) is 0.413. The van der Waals surface area contributed by atoms with Gasteiger partial charge < -0.3 is 15.1 Å². The molecule has 2 aromatic heterocycles. The van der Waals surface area contributed by atoms with Crippen molar-refractivity contribution in [2.45, 2.75) is 25.4 Å². The first-order valence-corrected chi connectivity index (χ1v) is 6.18. The summed E-state index contributed by atoms with van der Waals surface area (Å²) in [5.41, 5.74) is 5.72. The Kier molecular flexibility index (Phi) is 2.83. The molecule has 0 amide bonds. The summed E-state index contributed by atoms with van der Waals surface area (Å²) in [6.45, 7) is 0.647. The Bertz CT molecular complexity index is 539. The third kappa shape index (κ3) is 2.13. The first-order chi connectivity index (χ1) is 8.75. The van der Waals surface area contributed by atoms with E-state index >= 15 is 0 Å². The van der Waals surface area contributed by atoms with Crippen molar-refractivity contribution in [3.63, 3.8) is 0 Å². The van der Waals surface area contributed by atoms with Crippen LogP contribution in [-0.2, 0) is 6.54 Å². The Morgan fingerprint density at radius 1 is 1.44 bits per heavy atom. The summed E-state index contributed by atoms with van der Waals surface area (Å²) in [5.74, 6) is 1.88. The van der Waals surface area contributed by atoms with Gasteiger partial charge in [-0.25, -0.2) is 9.97 Å². The molecule has 0 atom stereocenters. The zero-order valence-electron chi connectivity index (χ0n) is 9.71. The highest BCUT2D eigenvalue weighted by Crippen LogP contribution is 2.36. The van der Waals surface area contributed by atoms with Crippen LogP contribution in [-0.4, -0.2) is 16.0 Å². The molecular formula is C12H13ClN4O. The minimum absolute atomic E-state index is 0.312. The third-order valence-electron chi connectivity index (χ3n) is 2.96. The van der Waals surface area contributed by atoms with Gasteiger partial charge in [-0.2, -0.15) is 0 Å². The quantitative estimate of drug-likeness (QED) is 0.919. The average Bonchev–Trinajstić information content (AvgIpc) is 3.08. The van der Waals surface area contributed by atoms with Crippen LogP contribution in [0.25, 0.3) is 0 Å². The molecule has 0 radical (unpaired) electrons. The highest BCUT2D eigenvalue weighted by atomic mass is 35.5. The van der Waals surface area contributed by atoms with Crippen molar-refractivity contribution in [2.24, 2.45) is 0 Å². The number of nitrogen functional groups attached to an aromatic ring is 1. The van der Waals surface area contributed by atoms with Gasteiger partial charge in [0.2, 0.25) is 0 Å². The second-order valence-corrected chi connectivity index (χ2v) is 4.71. The fourth-order valence-electron chi connectivity index (χ4n) is 1.91. The van der Waals surface area contributed by atoms with Crippen LogP contribution in [0.1, 0.15) is 18.6 Å². The molecule has 0 saturated heterocycles. The number of halogens is 1. The molecule has 0 aliphatic heterocycles. The second kappa shape index (κ2) is 4.49. The van der Waals surface area contributed by atoms with Gasteiger partial charge in [0.15, 0.2) is 5.82 Å². The van der Waals surface area contributed by atoms with Crippen molar-refractivity contribution in [2.75, 3.05) is 10.6 Å². The van der Waals surface area contributed by atoms with Gasteiger partial charge in [-0.15, -0.1) is 0 Å². The number of rotatable bonds is 4. The Morgan fingerprint density at radius 3 is 2.94 bits per heavy atom. The van der Waals surface area contributed by atoms with Crippen molar-refractivity contribution in [3.05, 3.63) is 35.5 Å². The van der Waals surface area contributed by atoms with Crippen LogP contribution in [0.15, 0.2) is 29.1 Å². The molecule has 0 aromatic carbocycles. The first-order valence-electron chi connectivity index (χ1n) is 5.80. The Labute approximate surface area is 110 Å². The van der Waals surface area contributed by atoms with E-state index in [9.17, 15) is 0 Å². The number of nitrogens with two attached hydrogens (primary N) is 1. The summed E-state index contributed by atoms with van der Waals surface area (Å²) >= 11 is 6.18. The second-order valence-electron chi connectivity index (χ2n) is 4.33. The molecule has 1 aliphatic carbocycles. The summed E-state index contributed by atoms with van der Waals surface area (Å²) < 4.78 is 5.37. The molecule has 2 heterocycles. The van der Waals surface area contributed by atoms with Gasteiger partial charge in [-0.05, 0) is 25.0 Å². The normalized spacial score (nSPS) is 14.7. The molecule has 18 heavy (non-hydrogen) atoms. The van der Waals surface area contributed by atoms with E-state index in [0.717, 1.165) is 18.6 Å². The molecule has 3 rings (SSSR count). The van der Waals surface area contributed by atoms with E-state index in [1.54, 1.807) is 6.26 Å². The summed E-state index contributed by atoms with van der Waals surface area (Å²) in [6, 6.07) is 4.27.